The van der Waals surface area contributed by atoms with Gasteiger partial charge in [-0.1, -0.05) is 41.0 Å². The smallest absolute Gasteiger partial charge is 0.412 e. The number of nitrogens with one attached hydrogen (secondary N) is 2. The van der Waals surface area contributed by atoms with E-state index in [4.69, 9.17) is 26.0 Å². The fourth-order valence-electron chi connectivity index (χ4n) is 4.01. The van der Waals surface area contributed by atoms with Crippen molar-refractivity contribution in [3.63, 3.8) is 0 Å². The van der Waals surface area contributed by atoms with Crippen LogP contribution >= 0.6 is 11.6 Å². The lowest BCUT2D eigenvalue weighted by molar-refractivity contribution is -0.141. The molecule has 1 aromatic carbocycles. The molecule has 0 radical (unpaired) electrons. The van der Waals surface area contributed by atoms with Crippen LogP contribution in [0.25, 0.3) is 11.5 Å². The van der Waals surface area contributed by atoms with E-state index >= 15 is 0 Å². The van der Waals surface area contributed by atoms with E-state index < -0.39 is 41.8 Å². The molecule has 3 unspecified atom stereocenters. The summed E-state index contributed by atoms with van der Waals surface area (Å²) < 4.78 is 38.0. The van der Waals surface area contributed by atoms with Crippen LogP contribution in [0.5, 0.6) is 0 Å². The van der Waals surface area contributed by atoms with E-state index in [0.717, 1.165) is 0 Å². The predicted octanol–water partition coefficient (Wildman–Crippen LogP) is 4.90. The third-order valence-electron chi connectivity index (χ3n) is 6.20. The Balaban J connectivity index is 1.43. The molecule has 1 fully saturated rings. The number of carbonyl (C=O) groups excluding carboxylic acids is 2. The molecular weight excluding hydrogens is 526 g/mol. The summed E-state index contributed by atoms with van der Waals surface area (Å²) in [6, 6.07) is 10.1. The SMILES string of the molecule is Cc1nc(-c2onc(C)c2NC(=O)OC(C)c2ccccc2Cl)ccc1CNC(=O)C1C(C(=O)O)C1(F)F. The number of carboxylic acids is 1. The van der Waals surface area contributed by atoms with Gasteiger partial charge in [0.25, 0.3) is 5.92 Å². The van der Waals surface area contributed by atoms with Crippen molar-refractivity contribution in [3.8, 4) is 11.5 Å². The van der Waals surface area contributed by atoms with Crippen molar-refractivity contribution in [2.24, 2.45) is 11.8 Å². The lowest BCUT2D eigenvalue weighted by atomic mass is 10.1. The minimum absolute atomic E-state index is 0.135. The molecule has 1 aliphatic carbocycles. The normalized spacial score (nSPS) is 18.4. The summed E-state index contributed by atoms with van der Waals surface area (Å²) in [4.78, 5) is 40.0. The summed E-state index contributed by atoms with van der Waals surface area (Å²) >= 11 is 6.17. The standard InChI is InChI=1S/C25H23ClF2N4O6/c1-11-14(10-29-22(33)18-19(23(34)35)25(18,27)28)8-9-17(30-11)21-20(12(2)32-38-21)31-24(36)37-13(3)15-6-4-5-7-16(15)26/h4-9,13,18-19H,10H2,1-3H3,(H,29,33)(H,31,36)(H,34,35). The van der Waals surface area contributed by atoms with Gasteiger partial charge in [0.05, 0.1) is 0 Å². The molecule has 3 atom stereocenters. The molecular formula is C25H23ClF2N4O6. The van der Waals surface area contributed by atoms with E-state index in [0.29, 0.717) is 33.2 Å². The maximum Gasteiger partial charge on any atom is 0.412 e. The first kappa shape index (κ1) is 27.0. The molecule has 3 aromatic rings. The number of aromatic nitrogens is 2. The highest BCUT2D eigenvalue weighted by atomic mass is 35.5. The molecule has 2 heterocycles. The van der Waals surface area contributed by atoms with Crippen LogP contribution in [0.4, 0.5) is 19.3 Å². The third kappa shape index (κ3) is 5.30. The quantitative estimate of drug-likeness (QED) is 0.360. The minimum atomic E-state index is -3.58. The first-order valence-corrected chi connectivity index (χ1v) is 11.8. The molecule has 2 amide bonds. The molecule has 10 nitrogen and oxygen atoms in total. The van der Waals surface area contributed by atoms with Gasteiger partial charge in [-0.25, -0.2) is 18.6 Å². The van der Waals surface area contributed by atoms with Crippen molar-refractivity contribution in [2.75, 3.05) is 5.32 Å². The lowest BCUT2D eigenvalue weighted by Gasteiger charge is -2.15. The molecule has 1 saturated carbocycles. The van der Waals surface area contributed by atoms with Gasteiger partial charge in [-0.3, -0.25) is 14.9 Å². The number of halogens is 3. The number of anilines is 1. The van der Waals surface area contributed by atoms with Crippen LogP contribution in [0, 0.1) is 25.7 Å². The average molecular weight is 549 g/mol. The number of hydrogen-bond acceptors (Lipinski definition) is 7. The fourth-order valence-corrected chi connectivity index (χ4v) is 4.30. The van der Waals surface area contributed by atoms with Crippen molar-refractivity contribution >= 4 is 35.3 Å². The number of carbonyl (C=O) groups is 3. The highest BCUT2D eigenvalue weighted by molar-refractivity contribution is 6.31. The molecule has 200 valence electrons. The van der Waals surface area contributed by atoms with Gasteiger partial charge in [0.1, 0.15) is 35.0 Å². The van der Waals surface area contributed by atoms with E-state index in [1.807, 2.05) is 0 Å². The number of ether oxygens (including phenoxy) is 1. The van der Waals surface area contributed by atoms with Crippen molar-refractivity contribution in [3.05, 3.63) is 63.9 Å². The van der Waals surface area contributed by atoms with Gasteiger partial charge in [-0.05, 0) is 38.5 Å². The van der Waals surface area contributed by atoms with E-state index in [-0.39, 0.29) is 18.0 Å². The van der Waals surface area contributed by atoms with Crippen molar-refractivity contribution in [1.82, 2.24) is 15.5 Å². The Hall–Kier alpha value is -4.06. The Morgan fingerprint density at radius 3 is 2.50 bits per heavy atom. The lowest BCUT2D eigenvalue weighted by Crippen LogP contribution is -2.27. The summed E-state index contributed by atoms with van der Waals surface area (Å²) in [5, 5.41) is 18.1. The van der Waals surface area contributed by atoms with Gasteiger partial charge in [0, 0.05) is 22.8 Å². The first-order valence-electron chi connectivity index (χ1n) is 11.4. The van der Waals surface area contributed by atoms with Gasteiger partial charge in [-0.2, -0.15) is 0 Å². The molecule has 0 saturated heterocycles. The molecule has 2 aromatic heterocycles. The molecule has 3 N–H and O–H groups in total. The topological polar surface area (TPSA) is 144 Å². The largest absolute Gasteiger partial charge is 0.481 e. The zero-order valence-corrected chi connectivity index (χ0v) is 21.2. The number of alkyl halides is 2. The van der Waals surface area contributed by atoms with Crippen LogP contribution in [0.2, 0.25) is 5.02 Å². The summed E-state index contributed by atoms with van der Waals surface area (Å²) in [6.45, 7) is 4.79. The summed E-state index contributed by atoms with van der Waals surface area (Å²) in [5.41, 5.74) is 2.51. The summed E-state index contributed by atoms with van der Waals surface area (Å²) in [6.07, 6.45) is -1.40. The van der Waals surface area contributed by atoms with Crippen molar-refractivity contribution < 1.29 is 37.5 Å². The average Bonchev–Trinajstić information content (AvgIpc) is 3.27. The predicted molar refractivity (Wildman–Crippen MR) is 131 cm³/mol. The van der Waals surface area contributed by atoms with E-state index in [1.54, 1.807) is 57.2 Å². The van der Waals surface area contributed by atoms with Crippen LogP contribution in [0.1, 0.15) is 35.5 Å². The second kappa shape index (κ2) is 10.4. The highest BCUT2D eigenvalue weighted by Gasteiger charge is 2.75. The molecule has 0 bridgehead atoms. The van der Waals surface area contributed by atoms with Crippen LogP contribution in [-0.4, -0.2) is 39.1 Å². The number of aryl methyl sites for hydroxylation is 2. The number of hydrogen-bond donors (Lipinski definition) is 3. The number of pyridine rings is 1. The van der Waals surface area contributed by atoms with Crippen LogP contribution in [-0.2, 0) is 20.9 Å². The number of rotatable bonds is 8. The van der Waals surface area contributed by atoms with Gasteiger partial charge in [-0.15, -0.1) is 0 Å². The third-order valence-corrected chi connectivity index (χ3v) is 6.54. The van der Waals surface area contributed by atoms with Crippen LogP contribution < -0.4 is 10.6 Å². The van der Waals surface area contributed by atoms with E-state index in [9.17, 15) is 23.2 Å². The van der Waals surface area contributed by atoms with Gasteiger partial charge >= 0.3 is 12.1 Å². The number of amides is 2. The van der Waals surface area contributed by atoms with Gasteiger partial charge in [0.15, 0.2) is 0 Å². The molecule has 38 heavy (non-hydrogen) atoms. The number of aliphatic carboxylic acids is 1. The van der Waals surface area contributed by atoms with E-state index in [2.05, 4.69) is 20.8 Å². The Morgan fingerprint density at radius 2 is 1.87 bits per heavy atom. The van der Waals surface area contributed by atoms with Crippen molar-refractivity contribution in [1.29, 1.82) is 0 Å². The summed E-state index contributed by atoms with van der Waals surface area (Å²) in [5.74, 6) is -10.1. The fraction of sp³-hybridized carbons (Fsp3) is 0.320. The Morgan fingerprint density at radius 1 is 1.16 bits per heavy atom. The number of benzene rings is 1. The van der Waals surface area contributed by atoms with E-state index in [1.165, 1.54) is 0 Å². The zero-order valence-electron chi connectivity index (χ0n) is 20.4. The number of carboxylic acid groups (broad SMARTS) is 1. The first-order chi connectivity index (χ1) is 17.9. The molecule has 13 heteroatoms. The maximum atomic E-state index is 13.6. The molecule has 4 rings (SSSR count). The Bertz CT molecular complexity index is 1410. The molecule has 1 aliphatic rings. The maximum absolute atomic E-state index is 13.6. The highest BCUT2D eigenvalue weighted by Crippen LogP contribution is 2.55. The monoisotopic (exact) mass is 548 g/mol. The second-order valence-corrected chi connectivity index (χ2v) is 9.20. The Kier molecular flexibility index (Phi) is 7.36. The molecule has 0 spiro atoms. The van der Waals surface area contributed by atoms with Gasteiger partial charge in [0.2, 0.25) is 11.7 Å². The van der Waals surface area contributed by atoms with Crippen molar-refractivity contribution in [2.45, 2.75) is 39.3 Å². The number of nitrogens with zero attached hydrogens (tertiary/aromatic N) is 2. The van der Waals surface area contributed by atoms with Crippen LogP contribution in [0.15, 0.2) is 40.9 Å². The second-order valence-electron chi connectivity index (χ2n) is 8.79. The Labute approximate surface area is 220 Å². The molecule has 0 aliphatic heterocycles. The van der Waals surface area contributed by atoms with Crippen LogP contribution in [0.3, 0.4) is 0 Å². The minimum Gasteiger partial charge on any atom is -0.481 e. The summed E-state index contributed by atoms with van der Waals surface area (Å²) in [7, 11) is 0. The zero-order chi connectivity index (χ0) is 27.8. The van der Waals surface area contributed by atoms with Gasteiger partial charge < -0.3 is 19.7 Å².